The quantitative estimate of drug-likeness (QED) is 0.912. The lowest BCUT2D eigenvalue weighted by Crippen LogP contribution is -2.27. The van der Waals surface area contributed by atoms with Crippen LogP contribution >= 0.6 is 0 Å². The maximum absolute atomic E-state index is 13.6. The van der Waals surface area contributed by atoms with Gasteiger partial charge in [-0.25, -0.2) is 18.4 Å². The predicted octanol–water partition coefficient (Wildman–Crippen LogP) is 2.52. The van der Waals surface area contributed by atoms with E-state index >= 15 is 0 Å². The Morgan fingerprint density at radius 2 is 2.08 bits per heavy atom. The van der Waals surface area contributed by atoms with Crippen molar-refractivity contribution in [3.8, 4) is 0 Å². The van der Waals surface area contributed by atoms with Gasteiger partial charge in [-0.15, -0.1) is 0 Å². The Bertz CT molecular complexity index is 704. The van der Waals surface area contributed by atoms with Crippen LogP contribution in [-0.4, -0.2) is 37.4 Å². The number of aromatic nitrogens is 3. The Balaban J connectivity index is 1.81. The number of likely N-dealkylation sites (tertiary alicyclic amines) is 1. The minimum atomic E-state index is -0.864. The standard InChI is InChI=1S/C17H22F2N4O/c1-11(2)7-23-17(20-10-21-23)9-22-8-13(24)6-16(22)12-3-4-14(18)15(19)5-12/h3-5,10-11,13,16,24H,6-9H2,1-2H3/t13-,16+/m1/s1. The summed E-state index contributed by atoms with van der Waals surface area (Å²) in [6.07, 6.45) is 1.52. The molecule has 7 heteroatoms. The van der Waals surface area contributed by atoms with Crippen molar-refractivity contribution in [2.24, 2.45) is 5.92 Å². The molecule has 0 unspecified atom stereocenters. The van der Waals surface area contributed by atoms with Crippen molar-refractivity contribution in [1.82, 2.24) is 19.7 Å². The van der Waals surface area contributed by atoms with Gasteiger partial charge in [-0.2, -0.15) is 5.10 Å². The second-order valence-corrected chi connectivity index (χ2v) is 6.76. The summed E-state index contributed by atoms with van der Waals surface area (Å²) in [6, 6.07) is 3.75. The smallest absolute Gasteiger partial charge is 0.159 e. The Morgan fingerprint density at radius 3 is 2.79 bits per heavy atom. The molecular weight excluding hydrogens is 314 g/mol. The molecule has 0 radical (unpaired) electrons. The van der Waals surface area contributed by atoms with E-state index in [2.05, 4.69) is 23.9 Å². The Labute approximate surface area is 139 Å². The van der Waals surface area contributed by atoms with Gasteiger partial charge in [-0.05, 0) is 30.0 Å². The van der Waals surface area contributed by atoms with Crippen molar-refractivity contribution < 1.29 is 13.9 Å². The number of aliphatic hydroxyl groups excluding tert-OH is 1. The third kappa shape index (κ3) is 3.62. The van der Waals surface area contributed by atoms with Gasteiger partial charge in [0, 0.05) is 19.1 Å². The molecular formula is C17H22F2N4O. The molecule has 2 aromatic rings. The Kier molecular flexibility index (Phi) is 4.91. The van der Waals surface area contributed by atoms with Crippen LogP contribution in [0.3, 0.4) is 0 Å². The first-order valence-corrected chi connectivity index (χ1v) is 8.17. The first-order valence-electron chi connectivity index (χ1n) is 8.17. The van der Waals surface area contributed by atoms with Crippen LogP contribution in [0.2, 0.25) is 0 Å². The van der Waals surface area contributed by atoms with Gasteiger partial charge in [0.25, 0.3) is 0 Å². The summed E-state index contributed by atoms with van der Waals surface area (Å²) in [5.74, 6) is -0.473. The topological polar surface area (TPSA) is 54.2 Å². The zero-order chi connectivity index (χ0) is 17.3. The molecule has 2 heterocycles. The second-order valence-electron chi connectivity index (χ2n) is 6.76. The summed E-state index contributed by atoms with van der Waals surface area (Å²) in [4.78, 5) is 6.35. The van der Waals surface area contributed by atoms with Crippen molar-refractivity contribution in [3.05, 3.63) is 47.5 Å². The summed E-state index contributed by atoms with van der Waals surface area (Å²) < 4.78 is 28.6. The van der Waals surface area contributed by atoms with Crippen molar-refractivity contribution in [1.29, 1.82) is 0 Å². The molecule has 0 bridgehead atoms. The van der Waals surface area contributed by atoms with Crippen LogP contribution in [0.25, 0.3) is 0 Å². The molecule has 1 aromatic carbocycles. The fourth-order valence-corrected chi connectivity index (χ4v) is 3.21. The zero-order valence-corrected chi connectivity index (χ0v) is 13.9. The zero-order valence-electron chi connectivity index (χ0n) is 13.9. The van der Waals surface area contributed by atoms with Crippen LogP contribution < -0.4 is 0 Å². The molecule has 3 rings (SSSR count). The van der Waals surface area contributed by atoms with Crippen LogP contribution in [0.4, 0.5) is 8.78 Å². The Hall–Kier alpha value is -1.86. The summed E-state index contributed by atoms with van der Waals surface area (Å²) in [6.45, 7) is 5.96. The van der Waals surface area contributed by atoms with E-state index in [-0.39, 0.29) is 6.04 Å². The van der Waals surface area contributed by atoms with Crippen molar-refractivity contribution in [2.75, 3.05) is 6.54 Å². The SMILES string of the molecule is CC(C)Cn1ncnc1CN1C[C@H](O)C[C@H]1c1ccc(F)c(F)c1. The fraction of sp³-hybridized carbons (Fsp3) is 0.529. The first-order chi connectivity index (χ1) is 11.4. The molecule has 2 atom stereocenters. The molecule has 0 amide bonds. The van der Waals surface area contributed by atoms with Crippen LogP contribution in [0, 0.1) is 17.6 Å². The summed E-state index contributed by atoms with van der Waals surface area (Å²) in [5.41, 5.74) is 0.667. The van der Waals surface area contributed by atoms with Gasteiger partial charge in [-0.3, -0.25) is 4.90 Å². The number of benzene rings is 1. The van der Waals surface area contributed by atoms with Crippen LogP contribution in [-0.2, 0) is 13.1 Å². The van der Waals surface area contributed by atoms with Gasteiger partial charge >= 0.3 is 0 Å². The molecule has 1 saturated heterocycles. The number of aliphatic hydroxyl groups is 1. The molecule has 1 aliphatic heterocycles. The van der Waals surface area contributed by atoms with E-state index < -0.39 is 17.7 Å². The first kappa shape index (κ1) is 17.0. The largest absolute Gasteiger partial charge is 0.392 e. The molecule has 1 N–H and O–H groups in total. The number of nitrogens with zero attached hydrogens (tertiary/aromatic N) is 4. The number of hydrogen-bond acceptors (Lipinski definition) is 4. The van der Waals surface area contributed by atoms with Gasteiger partial charge in [0.15, 0.2) is 11.6 Å². The highest BCUT2D eigenvalue weighted by Gasteiger charge is 2.33. The van der Waals surface area contributed by atoms with E-state index in [0.717, 1.165) is 18.4 Å². The molecule has 0 saturated carbocycles. The van der Waals surface area contributed by atoms with Gasteiger partial charge in [0.05, 0.1) is 12.6 Å². The van der Waals surface area contributed by atoms with Crippen LogP contribution in [0.15, 0.2) is 24.5 Å². The molecule has 5 nitrogen and oxygen atoms in total. The number of rotatable bonds is 5. The fourth-order valence-electron chi connectivity index (χ4n) is 3.21. The van der Waals surface area contributed by atoms with E-state index in [1.54, 1.807) is 6.07 Å². The molecule has 1 aliphatic rings. The lowest BCUT2D eigenvalue weighted by molar-refractivity contribution is 0.170. The summed E-state index contributed by atoms with van der Waals surface area (Å²) in [7, 11) is 0. The average Bonchev–Trinajstić information content (AvgIpc) is 3.09. The average molecular weight is 336 g/mol. The number of halogens is 2. The Morgan fingerprint density at radius 1 is 1.29 bits per heavy atom. The maximum atomic E-state index is 13.6. The summed E-state index contributed by atoms with van der Waals surface area (Å²) in [5, 5.41) is 14.3. The third-order valence-corrected chi connectivity index (χ3v) is 4.29. The van der Waals surface area contributed by atoms with Gasteiger partial charge < -0.3 is 5.11 Å². The highest BCUT2D eigenvalue weighted by molar-refractivity contribution is 5.23. The van der Waals surface area contributed by atoms with Crippen LogP contribution in [0.5, 0.6) is 0 Å². The highest BCUT2D eigenvalue weighted by atomic mass is 19.2. The van der Waals surface area contributed by atoms with E-state index in [1.807, 2.05) is 9.58 Å². The lowest BCUT2D eigenvalue weighted by Gasteiger charge is -2.24. The molecule has 1 aromatic heterocycles. The summed E-state index contributed by atoms with van der Waals surface area (Å²) >= 11 is 0. The maximum Gasteiger partial charge on any atom is 0.159 e. The van der Waals surface area contributed by atoms with Gasteiger partial charge in [0.1, 0.15) is 12.2 Å². The molecule has 130 valence electrons. The van der Waals surface area contributed by atoms with Gasteiger partial charge in [-0.1, -0.05) is 19.9 Å². The molecule has 1 fully saturated rings. The van der Waals surface area contributed by atoms with E-state index in [0.29, 0.717) is 31.0 Å². The number of hydrogen-bond donors (Lipinski definition) is 1. The van der Waals surface area contributed by atoms with Crippen molar-refractivity contribution in [2.45, 2.75) is 45.5 Å². The highest BCUT2D eigenvalue weighted by Crippen LogP contribution is 2.33. The predicted molar refractivity (Wildman–Crippen MR) is 85.0 cm³/mol. The monoisotopic (exact) mass is 336 g/mol. The molecule has 0 spiro atoms. The van der Waals surface area contributed by atoms with E-state index in [9.17, 15) is 13.9 Å². The van der Waals surface area contributed by atoms with Crippen LogP contribution in [0.1, 0.15) is 37.7 Å². The number of β-amino-alcohol motifs (C(OH)–C–C–N with tert-alkyl or cyclic N) is 1. The van der Waals surface area contributed by atoms with Crippen molar-refractivity contribution in [3.63, 3.8) is 0 Å². The minimum absolute atomic E-state index is 0.167. The van der Waals surface area contributed by atoms with Crippen molar-refractivity contribution >= 4 is 0 Å². The lowest BCUT2D eigenvalue weighted by atomic mass is 10.0. The van der Waals surface area contributed by atoms with E-state index in [4.69, 9.17) is 0 Å². The third-order valence-electron chi connectivity index (χ3n) is 4.29. The van der Waals surface area contributed by atoms with E-state index in [1.165, 1.54) is 12.4 Å². The normalized spacial score (nSPS) is 21.8. The molecule has 0 aliphatic carbocycles. The second kappa shape index (κ2) is 6.94. The molecule has 24 heavy (non-hydrogen) atoms. The minimum Gasteiger partial charge on any atom is -0.392 e. The van der Waals surface area contributed by atoms with Gasteiger partial charge in [0.2, 0.25) is 0 Å².